The van der Waals surface area contributed by atoms with Crippen LogP contribution < -0.4 is 16.4 Å². The van der Waals surface area contributed by atoms with Crippen molar-refractivity contribution in [3.05, 3.63) is 0 Å². The minimum absolute atomic E-state index is 0.0372. The van der Waals surface area contributed by atoms with Crippen LogP contribution in [0.4, 0.5) is 0 Å². The molecule has 0 aliphatic carbocycles. The van der Waals surface area contributed by atoms with Crippen molar-refractivity contribution >= 4 is 23.6 Å². The number of thioether (sulfide) groups is 1. The number of hydrogen-bond donors (Lipinski definition) is 3. The Balaban J connectivity index is 3.59. The van der Waals surface area contributed by atoms with Gasteiger partial charge in [0, 0.05) is 19.5 Å². The normalized spacial score (nSPS) is 11.9. The summed E-state index contributed by atoms with van der Waals surface area (Å²) in [5, 5.41) is 5.41. The van der Waals surface area contributed by atoms with Gasteiger partial charge in [0.05, 0.1) is 6.04 Å². The second-order valence-electron chi connectivity index (χ2n) is 3.78. The number of rotatable bonds is 9. The van der Waals surface area contributed by atoms with E-state index in [1.165, 1.54) is 0 Å². The number of carbonyl (C=O) groups is 2. The third-order valence-electron chi connectivity index (χ3n) is 2.19. The van der Waals surface area contributed by atoms with Crippen molar-refractivity contribution in [1.29, 1.82) is 0 Å². The molecule has 0 saturated carbocycles. The molecule has 0 radical (unpaired) electrons. The third-order valence-corrected chi connectivity index (χ3v) is 2.84. The average Bonchev–Trinajstić information content (AvgIpc) is 2.33. The van der Waals surface area contributed by atoms with Crippen molar-refractivity contribution in [3.8, 4) is 0 Å². The molecule has 100 valence electrons. The largest absolute Gasteiger partial charge is 0.356 e. The molecule has 0 unspecified atom stereocenters. The molecule has 0 saturated heterocycles. The number of nitrogens with two attached hydrogens (primary N) is 1. The highest BCUT2D eigenvalue weighted by Crippen LogP contribution is 1.98. The summed E-state index contributed by atoms with van der Waals surface area (Å²) >= 11 is 1.66. The molecule has 0 aromatic heterocycles. The van der Waals surface area contributed by atoms with Gasteiger partial charge in [0.1, 0.15) is 0 Å². The van der Waals surface area contributed by atoms with E-state index in [0.717, 1.165) is 12.2 Å². The van der Waals surface area contributed by atoms with Crippen LogP contribution in [-0.2, 0) is 9.59 Å². The summed E-state index contributed by atoms with van der Waals surface area (Å²) in [7, 11) is 0. The Hall–Kier alpha value is -0.750. The van der Waals surface area contributed by atoms with Crippen LogP contribution in [0, 0.1) is 0 Å². The van der Waals surface area contributed by atoms with E-state index in [4.69, 9.17) is 5.73 Å². The molecule has 5 nitrogen and oxygen atoms in total. The lowest BCUT2D eigenvalue weighted by Crippen LogP contribution is -2.42. The summed E-state index contributed by atoms with van der Waals surface area (Å²) in [5.41, 5.74) is 5.67. The van der Waals surface area contributed by atoms with E-state index in [1.54, 1.807) is 11.8 Å². The molecule has 2 amide bonds. The van der Waals surface area contributed by atoms with E-state index in [9.17, 15) is 9.59 Å². The van der Waals surface area contributed by atoms with Gasteiger partial charge in [-0.1, -0.05) is 6.92 Å². The Morgan fingerprint density at radius 3 is 2.59 bits per heavy atom. The van der Waals surface area contributed by atoms with Gasteiger partial charge < -0.3 is 16.4 Å². The summed E-state index contributed by atoms with van der Waals surface area (Å²) in [6.07, 6.45) is 3.86. The van der Waals surface area contributed by atoms with Crippen molar-refractivity contribution in [2.45, 2.75) is 32.2 Å². The molecule has 0 aliphatic rings. The van der Waals surface area contributed by atoms with E-state index in [-0.39, 0.29) is 11.8 Å². The maximum absolute atomic E-state index is 11.5. The quantitative estimate of drug-likeness (QED) is 0.549. The molecule has 0 aliphatic heterocycles. The van der Waals surface area contributed by atoms with E-state index in [1.807, 2.05) is 13.2 Å². The Morgan fingerprint density at radius 2 is 2.00 bits per heavy atom. The van der Waals surface area contributed by atoms with Crippen LogP contribution in [0.5, 0.6) is 0 Å². The number of amides is 2. The van der Waals surface area contributed by atoms with Gasteiger partial charge in [0.2, 0.25) is 11.8 Å². The van der Waals surface area contributed by atoms with Crippen LogP contribution in [0.3, 0.4) is 0 Å². The van der Waals surface area contributed by atoms with Crippen LogP contribution in [-0.4, -0.2) is 43.0 Å². The maximum atomic E-state index is 11.5. The summed E-state index contributed by atoms with van der Waals surface area (Å²) < 4.78 is 0. The first-order valence-electron chi connectivity index (χ1n) is 5.90. The Bertz CT molecular complexity index is 237. The van der Waals surface area contributed by atoms with E-state index >= 15 is 0 Å². The molecule has 0 spiro atoms. The average molecular weight is 261 g/mol. The zero-order valence-electron chi connectivity index (χ0n) is 10.6. The van der Waals surface area contributed by atoms with Crippen molar-refractivity contribution in [2.75, 3.05) is 25.1 Å². The van der Waals surface area contributed by atoms with Gasteiger partial charge in [0.15, 0.2) is 0 Å². The van der Waals surface area contributed by atoms with Crippen molar-refractivity contribution in [1.82, 2.24) is 10.6 Å². The fourth-order valence-electron chi connectivity index (χ4n) is 1.16. The third kappa shape index (κ3) is 9.00. The van der Waals surface area contributed by atoms with Crippen LogP contribution in [0.15, 0.2) is 0 Å². The zero-order chi connectivity index (χ0) is 13.1. The first-order valence-corrected chi connectivity index (χ1v) is 7.30. The molecule has 0 heterocycles. The summed E-state index contributed by atoms with van der Waals surface area (Å²) in [6, 6.07) is -0.471. The Labute approximate surface area is 107 Å². The van der Waals surface area contributed by atoms with Crippen molar-refractivity contribution in [2.24, 2.45) is 5.73 Å². The number of nitrogens with one attached hydrogen (secondary N) is 2. The molecule has 0 bridgehead atoms. The minimum Gasteiger partial charge on any atom is -0.356 e. The lowest BCUT2D eigenvalue weighted by atomic mass is 10.2. The van der Waals surface area contributed by atoms with Gasteiger partial charge in [-0.25, -0.2) is 0 Å². The lowest BCUT2D eigenvalue weighted by molar-refractivity contribution is -0.123. The monoisotopic (exact) mass is 261 g/mol. The highest BCUT2D eigenvalue weighted by molar-refractivity contribution is 7.98. The predicted octanol–water partition coefficient (Wildman–Crippen LogP) is 0.0993. The minimum atomic E-state index is -0.471. The van der Waals surface area contributed by atoms with Gasteiger partial charge in [-0.05, 0) is 24.9 Å². The van der Waals surface area contributed by atoms with Crippen molar-refractivity contribution in [3.63, 3.8) is 0 Å². The molecule has 4 N–H and O–H groups in total. The SMILES string of the molecule is CCCNC(=O)CCNC(=O)[C@H](N)CCSC. The van der Waals surface area contributed by atoms with Gasteiger partial charge in [-0.2, -0.15) is 11.8 Å². The van der Waals surface area contributed by atoms with Gasteiger partial charge in [0.25, 0.3) is 0 Å². The Morgan fingerprint density at radius 1 is 1.29 bits per heavy atom. The fraction of sp³-hybridized carbons (Fsp3) is 0.818. The highest BCUT2D eigenvalue weighted by atomic mass is 32.2. The lowest BCUT2D eigenvalue weighted by Gasteiger charge is -2.11. The molecule has 0 rings (SSSR count). The summed E-state index contributed by atoms with van der Waals surface area (Å²) in [5.74, 6) is 0.651. The molecule has 0 aromatic rings. The first kappa shape index (κ1) is 16.2. The maximum Gasteiger partial charge on any atom is 0.236 e. The number of carbonyl (C=O) groups excluding carboxylic acids is 2. The van der Waals surface area contributed by atoms with E-state index in [0.29, 0.717) is 25.9 Å². The molecule has 17 heavy (non-hydrogen) atoms. The molecular weight excluding hydrogens is 238 g/mol. The zero-order valence-corrected chi connectivity index (χ0v) is 11.4. The summed E-state index contributed by atoms with van der Waals surface area (Å²) in [4.78, 5) is 22.7. The molecule has 6 heteroatoms. The second kappa shape index (κ2) is 10.4. The van der Waals surface area contributed by atoms with Gasteiger partial charge >= 0.3 is 0 Å². The standard InChI is InChI=1S/C11H23N3O2S/c1-3-6-13-10(15)4-7-14-11(16)9(12)5-8-17-2/h9H,3-8,12H2,1-2H3,(H,13,15)(H,14,16)/t9-/m1/s1. The Kier molecular flexibility index (Phi) is 9.95. The topological polar surface area (TPSA) is 84.2 Å². The van der Waals surface area contributed by atoms with Crippen molar-refractivity contribution < 1.29 is 9.59 Å². The van der Waals surface area contributed by atoms with Crippen LogP contribution >= 0.6 is 11.8 Å². The smallest absolute Gasteiger partial charge is 0.236 e. The van der Waals surface area contributed by atoms with E-state index < -0.39 is 6.04 Å². The van der Waals surface area contributed by atoms with Gasteiger partial charge in [-0.3, -0.25) is 9.59 Å². The second-order valence-corrected chi connectivity index (χ2v) is 4.76. The van der Waals surface area contributed by atoms with Gasteiger partial charge in [-0.15, -0.1) is 0 Å². The fourth-order valence-corrected chi connectivity index (χ4v) is 1.65. The molecule has 1 atom stereocenters. The molecule has 0 aromatic carbocycles. The van der Waals surface area contributed by atoms with Crippen LogP contribution in [0.1, 0.15) is 26.2 Å². The highest BCUT2D eigenvalue weighted by Gasteiger charge is 2.12. The van der Waals surface area contributed by atoms with E-state index in [2.05, 4.69) is 10.6 Å². The number of hydrogen-bond acceptors (Lipinski definition) is 4. The molecular formula is C11H23N3O2S. The van der Waals surface area contributed by atoms with Crippen LogP contribution in [0.2, 0.25) is 0 Å². The van der Waals surface area contributed by atoms with Crippen LogP contribution in [0.25, 0.3) is 0 Å². The molecule has 0 fully saturated rings. The summed E-state index contributed by atoms with van der Waals surface area (Å²) in [6.45, 7) is 3.02. The first-order chi connectivity index (χ1) is 8.11. The predicted molar refractivity (Wildman–Crippen MR) is 71.9 cm³/mol.